The predicted molar refractivity (Wildman–Crippen MR) is 118 cm³/mol. The summed E-state index contributed by atoms with van der Waals surface area (Å²) in [5.41, 5.74) is 1.68. The molecule has 156 valence electrons. The standard InChI is InChI=1S/C21H21ClN4O3S/c1-14(25(2)21(28)29-13-15-8-5-4-6-9-15)19(27)26(3)20-17(22)24-18(30-20)16-10-7-11-23-12-16/h4-12,14H,13H2,1-3H3/t14-/m1/s1. The fourth-order valence-corrected chi connectivity index (χ4v) is 3.93. The van der Waals surface area contributed by atoms with Gasteiger partial charge in [0.25, 0.3) is 0 Å². The molecule has 1 atom stereocenters. The van der Waals surface area contributed by atoms with Crippen LogP contribution >= 0.6 is 22.9 Å². The van der Waals surface area contributed by atoms with E-state index in [1.165, 1.54) is 28.2 Å². The maximum Gasteiger partial charge on any atom is 0.410 e. The third kappa shape index (κ3) is 4.95. The Hall–Kier alpha value is -2.97. The second-order valence-corrected chi connectivity index (χ2v) is 7.92. The number of carbonyl (C=O) groups excluding carboxylic acids is 2. The summed E-state index contributed by atoms with van der Waals surface area (Å²) in [7, 11) is 3.13. The minimum atomic E-state index is -0.752. The van der Waals surface area contributed by atoms with Gasteiger partial charge in [-0.1, -0.05) is 53.3 Å². The molecule has 0 aliphatic heterocycles. The second kappa shape index (κ2) is 9.69. The fraction of sp³-hybridized carbons (Fsp3) is 0.238. The van der Waals surface area contributed by atoms with Gasteiger partial charge in [0.2, 0.25) is 5.91 Å². The average Bonchev–Trinajstić information content (AvgIpc) is 3.18. The van der Waals surface area contributed by atoms with Crippen molar-refractivity contribution < 1.29 is 14.3 Å². The molecule has 2 aromatic heterocycles. The van der Waals surface area contributed by atoms with E-state index >= 15 is 0 Å². The summed E-state index contributed by atoms with van der Waals surface area (Å²) in [4.78, 5) is 36.4. The summed E-state index contributed by atoms with van der Waals surface area (Å²) >= 11 is 7.56. The van der Waals surface area contributed by atoms with Crippen LogP contribution < -0.4 is 4.90 Å². The lowest BCUT2D eigenvalue weighted by atomic mass is 10.2. The molecule has 7 nitrogen and oxygen atoms in total. The summed E-state index contributed by atoms with van der Waals surface area (Å²) in [5, 5.41) is 1.38. The molecule has 0 bridgehead atoms. The Morgan fingerprint density at radius 3 is 2.57 bits per heavy atom. The Morgan fingerprint density at radius 1 is 1.17 bits per heavy atom. The highest BCUT2D eigenvalue weighted by molar-refractivity contribution is 7.19. The van der Waals surface area contributed by atoms with E-state index in [4.69, 9.17) is 16.3 Å². The monoisotopic (exact) mass is 444 g/mol. The molecule has 0 spiro atoms. The molecule has 0 fully saturated rings. The van der Waals surface area contributed by atoms with Crippen LogP contribution in [-0.4, -0.2) is 47.0 Å². The zero-order chi connectivity index (χ0) is 21.7. The molecule has 9 heteroatoms. The van der Waals surface area contributed by atoms with Crippen LogP contribution in [0.15, 0.2) is 54.9 Å². The van der Waals surface area contributed by atoms with Gasteiger partial charge in [-0.25, -0.2) is 9.78 Å². The molecule has 3 rings (SSSR count). The van der Waals surface area contributed by atoms with Crippen LogP contribution in [0.2, 0.25) is 5.15 Å². The van der Waals surface area contributed by atoms with Crippen molar-refractivity contribution in [1.29, 1.82) is 0 Å². The van der Waals surface area contributed by atoms with Gasteiger partial charge in [-0.2, -0.15) is 0 Å². The van der Waals surface area contributed by atoms with Crippen molar-refractivity contribution in [3.8, 4) is 10.6 Å². The Kier molecular flexibility index (Phi) is 7.02. The number of hydrogen-bond acceptors (Lipinski definition) is 6. The Labute approximate surface area is 183 Å². The van der Waals surface area contributed by atoms with E-state index in [2.05, 4.69) is 9.97 Å². The lowest BCUT2D eigenvalue weighted by Gasteiger charge is -2.27. The minimum absolute atomic E-state index is 0.135. The molecule has 3 aromatic rings. The van der Waals surface area contributed by atoms with Gasteiger partial charge in [-0.15, -0.1) is 0 Å². The average molecular weight is 445 g/mol. The van der Waals surface area contributed by atoms with Crippen molar-refractivity contribution in [2.45, 2.75) is 19.6 Å². The highest BCUT2D eigenvalue weighted by Gasteiger charge is 2.29. The molecule has 1 aromatic carbocycles. The third-order valence-electron chi connectivity index (χ3n) is 4.54. The van der Waals surface area contributed by atoms with E-state index < -0.39 is 12.1 Å². The summed E-state index contributed by atoms with van der Waals surface area (Å²) in [6.45, 7) is 1.77. The van der Waals surface area contributed by atoms with Gasteiger partial charge in [-0.05, 0) is 24.6 Å². The van der Waals surface area contributed by atoms with Gasteiger partial charge >= 0.3 is 6.09 Å². The van der Waals surface area contributed by atoms with Crippen molar-refractivity contribution in [2.75, 3.05) is 19.0 Å². The van der Waals surface area contributed by atoms with Crippen LogP contribution in [0.4, 0.5) is 9.80 Å². The number of pyridine rings is 1. The first-order valence-corrected chi connectivity index (χ1v) is 10.4. The summed E-state index contributed by atoms with van der Waals surface area (Å²) in [6, 6.07) is 12.3. The lowest BCUT2D eigenvalue weighted by molar-refractivity contribution is -0.122. The number of nitrogens with zero attached hydrogens (tertiary/aromatic N) is 4. The molecule has 0 saturated carbocycles. The second-order valence-electron chi connectivity index (χ2n) is 6.58. The molecular formula is C21H21ClN4O3S. The molecule has 0 saturated heterocycles. The quantitative estimate of drug-likeness (QED) is 0.560. The molecule has 0 radical (unpaired) electrons. The Bertz CT molecular complexity index is 1010. The molecule has 0 aliphatic carbocycles. The molecule has 30 heavy (non-hydrogen) atoms. The summed E-state index contributed by atoms with van der Waals surface area (Å²) in [6.07, 6.45) is 2.77. The lowest BCUT2D eigenvalue weighted by Crippen LogP contribution is -2.46. The predicted octanol–water partition coefficient (Wildman–Crippen LogP) is 4.48. The Morgan fingerprint density at radius 2 is 1.90 bits per heavy atom. The maximum atomic E-state index is 12.9. The first-order valence-electron chi connectivity index (χ1n) is 9.16. The molecule has 0 N–H and O–H groups in total. The number of carbonyl (C=O) groups is 2. The SMILES string of the molecule is C[C@H](C(=O)N(C)c1sc(-c2cccnc2)nc1Cl)N(C)C(=O)OCc1ccccc1. The smallest absolute Gasteiger partial charge is 0.410 e. The van der Waals surface area contributed by atoms with Crippen molar-refractivity contribution >= 4 is 39.9 Å². The van der Waals surface area contributed by atoms with Gasteiger partial charge in [0.05, 0.1) is 0 Å². The van der Waals surface area contributed by atoms with E-state index in [1.54, 1.807) is 32.4 Å². The van der Waals surface area contributed by atoms with Gasteiger partial charge in [0.15, 0.2) is 5.15 Å². The fourth-order valence-electron chi connectivity index (χ4n) is 2.64. The number of ether oxygens (including phenoxy) is 1. The van der Waals surface area contributed by atoms with E-state index in [1.807, 2.05) is 36.4 Å². The topological polar surface area (TPSA) is 75.6 Å². The van der Waals surface area contributed by atoms with Crippen LogP contribution in [-0.2, 0) is 16.1 Å². The number of aromatic nitrogens is 2. The van der Waals surface area contributed by atoms with Crippen molar-refractivity contribution in [2.24, 2.45) is 0 Å². The molecule has 0 unspecified atom stereocenters. The largest absolute Gasteiger partial charge is 0.445 e. The van der Waals surface area contributed by atoms with Crippen LogP contribution in [0.5, 0.6) is 0 Å². The number of halogens is 1. The number of benzene rings is 1. The number of hydrogen-bond donors (Lipinski definition) is 0. The van der Waals surface area contributed by atoms with Crippen LogP contribution in [0, 0.1) is 0 Å². The maximum absolute atomic E-state index is 12.9. The van der Waals surface area contributed by atoms with Gasteiger partial charge in [0, 0.05) is 32.1 Å². The first kappa shape index (κ1) is 21.7. The number of likely N-dealkylation sites (N-methyl/N-ethyl adjacent to an activating group) is 2. The highest BCUT2D eigenvalue weighted by atomic mass is 35.5. The molecule has 2 heterocycles. The van der Waals surface area contributed by atoms with Gasteiger partial charge in [-0.3, -0.25) is 14.7 Å². The van der Waals surface area contributed by atoms with Crippen molar-refractivity contribution in [1.82, 2.24) is 14.9 Å². The zero-order valence-electron chi connectivity index (χ0n) is 16.8. The van der Waals surface area contributed by atoms with Crippen molar-refractivity contribution in [3.63, 3.8) is 0 Å². The van der Waals surface area contributed by atoms with Gasteiger partial charge < -0.3 is 9.64 Å². The first-order chi connectivity index (χ1) is 14.4. The molecular weight excluding hydrogens is 424 g/mol. The number of anilines is 1. The van der Waals surface area contributed by atoms with Crippen LogP contribution in [0.1, 0.15) is 12.5 Å². The van der Waals surface area contributed by atoms with E-state index in [0.717, 1.165) is 11.1 Å². The number of thiazole rings is 1. The zero-order valence-corrected chi connectivity index (χ0v) is 18.4. The van der Waals surface area contributed by atoms with Crippen molar-refractivity contribution in [3.05, 3.63) is 65.6 Å². The molecule has 0 aliphatic rings. The molecule has 2 amide bonds. The minimum Gasteiger partial charge on any atom is -0.445 e. The van der Waals surface area contributed by atoms with Gasteiger partial charge in [0.1, 0.15) is 22.7 Å². The Balaban J connectivity index is 1.66. The summed E-state index contributed by atoms with van der Waals surface area (Å²) in [5.74, 6) is -0.308. The van der Waals surface area contributed by atoms with E-state index in [9.17, 15) is 9.59 Å². The van der Waals surface area contributed by atoms with Crippen LogP contribution in [0.25, 0.3) is 10.6 Å². The van der Waals surface area contributed by atoms with E-state index in [0.29, 0.717) is 10.0 Å². The number of rotatable bonds is 6. The number of amides is 2. The van der Waals surface area contributed by atoms with Crippen LogP contribution in [0.3, 0.4) is 0 Å². The third-order valence-corrected chi connectivity index (χ3v) is 6.10. The van der Waals surface area contributed by atoms with E-state index in [-0.39, 0.29) is 17.7 Å². The normalized spacial score (nSPS) is 11.6. The summed E-state index contributed by atoms with van der Waals surface area (Å²) < 4.78 is 5.31. The highest BCUT2D eigenvalue weighted by Crippen LogP contribution is 2.37.